The Kier molecular flexibility index (Phi) is 4.47. The van der Waals surface area contributed by atoms with Crippen LogP contribution < -0.4 is 15.0 Å². The fourth-order valence-corrected chi connectivity index (χ4v) is 2.10. The number of anilines is 1. The Hall–Kier alpha value is -1.94. The van der Waals surface area contributed by atoms with Gasteiger partial charge in [0.05, 0.1) is 25.6 Å². The Bertz CT molecular complexity index is 522. The fourth-order valence-electron chi connectivity index (χ4n) is 2.10. The standard InChI is InChI=1S/C15H20N2O2/c1-16-10-12-8-9-19-15(12)11-17(2)13-6-4-5-7-14(13)18-3/h4-9,16H,10-11H2,1-3H3. The largest absolute Gasteiger partial charge is 0.495 e. The summed E-state index contributed by atoms with van der Waals surface area (Å²) in [6.45, 7) is 1.52. The third-order valence-corrected chi connectivity index (χ3v) is 3.08. The van der Waals surface area contributed by atoms with Gasteiger partial charge >= 0.3 is 0 Å². The number of methoxy groups -OCH3 is 1. The number of nitrogens with zero attached hydrogens (tertiary/aromatic N) is 1. The van der Waals surface area contributed by atoms with Crippen molar-refractivity contribution in [3.63, 3.8) is 0 Å². The van der Waals surface area contributed by atoms with E-state index in [0.29, 0.717) is 6.54 Å². The minimum Gasteiger partial charge on any atom is -0.495 e. The van der Waals surface area contributed by atoms with Crippen LogP contribution in [0.2, 0.25) is 0 Å². The molecule has 19 heavy (non-hydrogen) atoms. The third-order valence-electron chi connectivity index (χ3n) is 3.08. The minimum atomic E-state index is 0.713. The van der Waals surface area contributed by atoms with E-state index >= 15 is 0 Å². The van der Waals surface area contributed by atoms with Crippen molar-refractivity contribution >= 4 is 5.69 Å². The maximum atomic E-state index is 5.56. The summed E-state index contributed by atoms with van der Waals surface area (Å²) in [5.74, 6) is 1.84. The Balaban J connectivity index is 2.16. The van der Waals surface area contributed by atoms with Crippen molar-refractivity contribution in [1.82, 2.24) is 5.32 Å². The Morgan fingerprint density at radius 3 is 2.79 bits per heavy atom. The van der Waals surface area contributed by atoms with Gasteiger partial charge in [-0.15, -0.1) is 0 Å². The van der Waals surface area contributed by atoms with E-state index in [1.54, 1.807) is 13.4 Å². The molecule has 1 aromatic carbocycles. The molecule has 0 atom stereocenters. The van der Waals surface area contributed by atoms with Crippen LogP contribution in [0.4, 0.5) is 5.69 Å². The van der Waals surface area contributed by atoms with Gasteiger partial charge in [-0.3, -0.25) is 0 Å². The lowest BCUT2D eigenvalue weighted by Gasteiger charge is -2.21. The van der Waals surface area contributed by atoms with E-state index in [1.807, 2.05) is 44.4 Å². The van der Waals surface area contributed by atoms with Crippen molar-refractivity contribution in [2.45, 2.75) is 13.1 Å². The second-order valence-corrected chi connectivity index (χ2v) is 4.43. The van der Waals surface area contributed by atoms with E-state index in [-0.39, 0.29) is 0 Å². The highest BCUT2D eigenvalue weighted by atomic mass is 16.5. The molecule has 0 aliphatic carbocycles. The summed E-state index contributed by atoms with van der Waals surface area (Å²) in [5, 5.41) is 3.14. The van der Waals surface area contributed by atoms with E-state index < -0.39 is 0 Å². The van der Waals surface area contributed by atoms with Crippen LogP contribution in [-0.2, 0) is 13.1 Å². The van der Waals surface area contributed by atoms with Gasteiger partial charge in [-0.05, 0) is 25.2 Å². The molecular weight excluding hydrogens is 240 g/mol. The second-order valence-electron chi connectivity index (χ2n) is 4.43. The highest BCUT2D eigenvalue weighted by Crippen LogP contribution is 2.28. The molecule has 0 radical (unpaired) electrons. The van der Waals surface area contributed by atoms with Gasteiger partial charge in [0.15, 0.2) is 0 Å². The zero-order chi connectivity index (χ0) is 13.7. The van der Waals surface area contributed by atoms with Crippen LogP contribution in [0.1, 0.15) is 11.3 Å². The first-order valence-corrected chi connectivity index (χ1v) is 6.30. The first-order chi connectivity index (χ1) is 9.26. The van der Waals surface area contributed by atoms with Crippen molar-refractivity contribution in [2.75, 3.05) is 26.1 Å². The SMILES string of the molecule is CNCc1ccoc1CN(C)c1ccccc1OC. The van der Waals surface area contributed by atoms with Gasteiger partial charge < -0.3 is 19.4 Å². The smallest absolute Gasteiger partial charge is 0.142 e. The molecule has 0 saturated heterocycles. The van der Waals surface area contributed by atoms with Crippen LogP contribution in [0, 0.1) is 0 Å². The molecule has 0 spiro atoms. The van der Waals surface area contributed by atoms with Gasteiger partial charge in [-0.1, -0.05) is 12.1 Å². The van der Waals surface area contributed by atoms with Gasteiger partial charge in [0, 0.05) is 19.2 Å². The lowest BCUT2D eigenvalue weighted by molar-refractivity contribution is 0.414. The van der Waals surface area contributed by atoms with E-state index in [4.69, 9.17) is 9.15 Å². The highest BCUT2D eigenvalue weighted by Gasteiger charge is 2.12. The molecule has 2 rings (SSSR count). The summed E-state index contributed by atoms with van der Waals surface area (Å²) >= 11 is 0. The van der Waals surface area contributed by atoms with Crippen LogP contribution in [0.3, 0.4) is 0 Å². The predicted molar refractivity (Wildman–Crippen MR) is 76.6 cm³/mol. The van der Waals surface area contributed by atoms with Crippen LogP contribution in [0.15, 0.2) is 41.0 Å². The summed E-state index contributed by atoms with van der Waals surface area (Å²) < 4.78 is 10.9. The quantitative estimate of drug-likeness (QED) is 0.866. The molecule has 0 aliphatic heterocycles. The molecule has 0 unspecified atom stereocenters. The molecule has 4 nitrogen and oxygen atoms in total. The van der Waals surface area contributed by atoms with Crippen molar-refractivity contribution in [1.29, 1.82) is 0 Å². The number of ether oxygens (including phenoxy) is 1. The average molecular weight is 260 g/mol. The summed E-state index contributed by atoms with van der Waals surface area (Å²) in [4.78, 5) is 2.12. The summed E-state index contributed by atoms with van der Waals surface area (Å²) in [6.07, 6.45) is 1.73. The predicted octanol–water partition coefficient (Wildman–Crippen LogP) is 2.64. The third kappa shape index (κ3) is 3.09. The first-order valence-electron chi connectivity index (χ1n) is 6.30. The summed E-state index contributed by atoms with van der Waals surface area (Å²) in [7, 11) is 5.65. The summed E-state index contributed by atoms with van der Waals surface area (Å²) in [6, 6.07) is 9.98. The normalized spacial score (nSPS) is 10.5. The summed E-state index contributed by atoms with van der Waals surface area (Å²) in [5.41, 5.74) is 2.24. The topological polar surface area (TPSA) is 37.6 Å². The van der Waals surface area contributed by atoms with Gasteiger partial charge in [0.2, 0.25) is 0 Å². The molecule has 4 heteroatoms. The molecule has 1 heterocycles. The highest BCUT2D eigenvalue weighted by molar-refractivity contribution is 5.57. The number of rotatable bonds is 6. The maximum absolute atomic E-state index is 5.56. The van der Waals surface area contributed by atoms with Gasteiger partial charge in [0.25, 0.3) is 0 Å². The molecule has 1 N–H and O–H groups in total. The second kappa shape index (κ2) is 6.29. The molecular formula is C15H20N2O2. The van der Waals surface area contributed by atoms with Gasteiger partial charge in [0.1, 0.15) is 11.5 Å². The Morgan fingerprint density at radius 1 is 1.26 bits per heavy atom. The zero-order valence-corrected chi connectivity index (χ0v) is 11.6. The van der Waals surface area contributed by atoms with Crippen molar-refractivity contribution in [3.05, 3.63) is 47.9 Å². The maximum Gasteiger partial charge on any atom is 0.142 e. The lowest BCUT2D eigenvalue weighted by Crippen LogP contribution is -2.18. The monoisotopic (exact) mass is 260 g/mol. The number of para-hydroxylation sites is 2. The van der Waals surface area contributed by atoms with E-state index in [2.05, 4.69) is 10.2 Å². The van der Waals surface area contributed by atoms with E-state index in [1.165, 1.54) is 5.56 Å². The number of hydrogen-bond donors (Lipinski definition) is 1. The van der Waals surface area contributed by atoms with Crippen molar-refractivity contribution in [3.8, 4) is 5.75 Å². The number of benzene rings is 1. The molecule has 0 amide bonds. The molecule has 1 aromatic heterocycles. The van der Waals surface area contributed by atoms with Crippen molar-refractivity contribution in [2.24, 2.45) is 0 Å². The fraction of sp³-hybridized carbons (Fsp3) is 0.333. The average Bonchev–Trinajstić information content (AvgIpc) is 2.86. The molecule has 2 aromatic rings. The Labute approximate surface area is 114 Å². The minimum absolute atomic E-state index is 0.713. The zero-order valence-electron chi connectivity index (χ0n) is 11.6. The van der Waals surface area contributed by atoms with Crippen molar-refractivity contribution < 1.29 is 9.15 Å². The van der Waals surface area contributed by atoms with E-state index in [9.17, 15) is 0 Å². The molecule has 0 bridgehead atoms. The van der Waals surface area contributed by atoms with Crippen LogP contribution in [0.25, 0.3) is 0 Å². The van der Waals surface area contributed by atoms with Crippen LogP contribution >= 0.6 is 0 Å². The van der Waals surface area contributed by atoms with E-state index in [0.717, 1.165) is 23.7 Å². The van der Waals surface area contributed by atoms with Crippen LogP contribution in [-0.4, -0.2) is 21.2 Å². The Morgan fingerprint density at radius 2 is 2.05 bits per heavy atom. The lowest BCUT2D eigenvalue weighted by atomic mass is 10.2. The molecule has 0 fully saturated rings. The number of furan rings is 1. The first kappa shape index (κ1) is 13.5. The molecule has 0 aliphatic rings. The number of nitrogens with one attached hydrogen (secondary N) is 1. The van der Waals surface area contributed by atoms with Crippen LogP contribution in [0.5, 0.6) is 5.75 Å². The number of hydrogen-bond acceptors (Lipinski definition) is 4. The van der Waals surface area contributed by atoms with Gasteiger partial charge in [-0.25, -0.2) is 0 Å². The molecule has 0 saturated carbocycles. The van der Waals surface area contributed by atoms with Gasteiger partial charge in [-0.2, -0.15) is 0 Å². The molecule has 102 valence electrons.